The lowest BCUT2D eigenvalue weighted by Crippen LogP contribution is -2.71. The van der Waals surface area contributed by atoms with E-state index >= 15 is 0 Å². The molecule has 2 N–H and O–H groups in total. The van der Waals surface area contributed by atoms with Crippen LogP contribution < -0.4 is 15.4 Å². The van der Waals surface area contributed by atoms with E-state index in [1.165, 1.54) is 68.8 Å². The summed E-state index contributed by atoms with van der Waals surface area (Å²) >= 11 is 1.25. The van der Waals surface area contributed by atoms with Crippen LogP contribution >= 0.6 is 11.8 Å². The summed E-state index contributed by atoms with van der Waals surface area (Å²) in [6.45, 7) is 7.97. The third kappa shape index (κ3) is 6.63. The number of hydrogen-bond acceptors (Lipinski definition) is 15. The van der Waals surface area contributed by atoms with Gasteiger partial charge in [0.1, 0.15) is 40.7 Å². The number of β-lactam (4-membered cyclic amide) rings is 2. The van der Waals surface area contributed by atoms with Crippen LogP contribution in [0.25, 0.3) is 0 Å². The van der Waals surface area contributed by atoms with Crippen LogP contribution in [0.1, 0.15) is 59.6 Å². The van der Waals surface area contributed by atoms with Crippen molar-refractivity contribution in [3.8, 4) is 5.75 Å². The van der Waals surface area contributed by atoms with E-state index in [1.807, 2.05) is 0 Å². The molecule has 4 heterocycles. The number of rotatable bonds is 11. The number of allylic oxidation sites excluding steroid dienone is 1. The summed E-state index contributed by atoms with van der Waals surface area (Å²) < 4.78 is 43.2. The first-order valence-electron chi connectivity index (χ1n) is 15.7. The van der Waals surface area contributed by atoms with Gasteiger partial charge in [-0.05, 0) is 52.3 Å². The second kappa shape index (κ2) is 13.5. The third-order valence-corrected chi connectivity index (χ3v) is 13.6. The van der Waals surface area contributed by atoms with Crippen LogP contribution in [-0.4, -0.2) is 112 Å². The summed E-state index contributed by atoms with van der Waals surface area (Å²) in [5.41, 5.74) is 0.689. The number of thioether (sulfide) groups is 1. The van der Waals surface area contributed by atoms with Gasteiger partial charge in [0.05, 0.1) is 18.3 Å². The van der Waals surface area contributed by atoms with Crippen molar-refractivity contribution < 1.29 is 60.9 Å². The standard InChI is InChI=1S/C32H38N4O13S2/c1-15(12-21(39)46-7)33-22(17-8-10-18(11-9-17)49-16(2)37)26(40)34-23-27(41)36-24(31(3,4)50-28(23)36)29(42)47-14-48-30(43)25-32(5,6)51(44,45)20-13-19(38)35(20)25/h8-12,20,22-25,28,33H,13-14H2,1-7H3,(H,34,40)/t20-,22?,23-,24+,25+,28-/m1/s1. The molecule has 4 aliphatic heterocycles. The van der Waals surface area contributed by atoms with Gasteiger partial charge in [0.15, 0.2) is 9.84 Å². The highest BCUT2D eigenvalue weighted by molar-refractivity contribution is 8.01. The molecule has 5 rings (SSSR count). The first-order valence-corrected chi connectivity index (χ1v) is 18.1. The van der Waals surface area contributed by atoms with E-state index in [4.69, 9.17) is 14.2 Å². The molecule has 1 unspecified atom stereocenters. The second-order valence-corrected chi connectivity index (χ2v) is 17.8. The van der Waals surface area contributed by atoms with Crippen molar-refractivity contribution in [2.75, 3.05) is 13.9 Å². The number of carbonyl (C=O) groups excluding carboxylic acids is 7. The number of fused-ring (bicyclic) bond motifs is 2. The smallest absolute Gasteiger partial charge is 0.333 e. The highest BCUT2D eigenvalue weighted by Crippen LogP contribution is 2.51. The van der Waals surface area contributed by atoms with Crippen molar-refractivity contribution in [3.05, 3.63) is 41.6 Å². The van der Waals surface area contributed by atoms with Crippen LogP contribution in [0.2, 0.25) is 0 Å². The number of amides is 3. The highest BCUT2D eigenvalue weighted by Gasteiger charge is 2.68. The van der Waals surface area contributed by atoms with E-state index in [0.29, 0.717) is 5.56 Å². The fourth-order valence-electron chi connectivity index (χ4n) is 6.58. The average Bonchev–Trinajstić information content (AvgIpc) is 3.37. The topological polar surface area (TPSA) is 221 Å². The molecule has 0 spiro atoms. The van der Waals surface area contributed by atoms with E-state index in [9.17, 15) is 42.0 Å². The van der Waals surface area contributed by atoms with Crippen molar-refractivity contribution in [2.45, 2.75) is 92.4 Å². The third-order valence-electron chi connectivity index (χ3n) is 9.21. The fourth-order valence-corrected chi connectivity index (χ4v) is 10.3. The highest BCUT2D eigenvalue weighted by atomic mass is 32.2. The molecule has 0 aromatic heterocycles. The van der Waals surface area contributed by atoms with Gasteiger partial charge in [-0.3, -0.25) is 19.2 Å². The largest absolute Gasteiger partial charge is 0.466 e. The first kappa shape index (κ1) is 37.6. The van der Waals surface area contributed by atoms with Gasteiger partial charge in [-0.25, -0.2) is 22.8 Å². The number of methoxy groups -OCH3 is 1. The van der Waals surface area contributed by atoms with Crippen LogP contribution in [0.3, 0.4) is 0 Å². The van der Waals surface area contributed by atoms with Crippen LogP contribution in [0.5, 0.6) is 5.75 Å². The molecule has 17 nitrogen and oxygen atoms in total. The molecule has 276 valence electrons. The van der Waals surface area contributed by atoms with Gasteiger partial charge in [0.25, 0.3) is 0 Å². The molecular weight excluding hydrogens is 713 g/mol. The predicted molar refractivity (Wildman–Crippen MR) is 177 cm³/mol. The van der Waals surface area contributed by atoms with E-state index in [0.717, 1.165) is 11.0 Å². The zero-order chi connectivity index (χ0) is 37.8. The SMILES string of the molecule is COC(=O)C=C(C)NC(C(=O)N[C@@H]1C(=O)N2[C@@H]1SC(C)(C)[C@@H]2C(=O)OCOC(=O)[C@@H]1N2C(=O)C[C@H]2S(=O)(=O)C1(C)C)c1ccc(OC(C)=O)cc1. The minimum absolute atomic E-state index is 0.223. The van der Waals surface area contributed by atoms with Gasteiger partial charge in [-0.1, -0.05) is 12.1 Å². The summed E-state index contributed by atoms with van der Waals surface area (Å²) in [7, 11) is -2.65. The molecular formula is C32H38N4O13S2. The molecule has 51 heavy (non-hydrogen) atoms. The van der Waals surface area contributed by atoms with Crippen LogP contribution in [0, 0.1) is 0 Å². The Balaban J connectivity index is 1.24. The Kier molecular flexibility index (Phi) is 9.94. The van der Waals surface area contributed by atoms with Gasteiger partial charge in [-0.15, -0.1) is 11.8 Å². The quantitative estimate of drug-likeness (QED) is 0.100. The summed E-state index contributed by atoms with van der Waals surface area (Å²) in [4.78, 5) is 91.0. The van der Waals surface area contributed by atoms with Crippen molar-refractivity contribution in [1.29, 1.82) is 0 Å². The zero-order valence-electron chi connectivity index (χ0n) is 28.8. The first-order chi connectivity index (χ1) is 23.7. The summed E-state index contributed by atoms with van der Waals surface area (Å²) in [5, 5.41) is 3.88. The van der Waals surface area contributed by atoms with E-state index in [2.05, 4.69) is 15.4 Å². The molecule has 19 heteroatoms. The molecule has 4 fully saturated rings. The van der Waals surface area contributed by atoms with Gasteiger partial charge in [-0.2, -0.15) is 0 Å². The van der Waals surface area contributed by atoms with Gasteiger partial charge in [0.2, 0.25) is 24.5 Å². The van der Waals surface area contributed by atoms with Gasteiger partial charge >= 0.3 is 23.9 Å². The maximum atomic E-state index is 13.7. The van der Waals surface area contributed by atoms with Crippen molar-refractivity contribution >= 4 is 63.2 Å². The number of carbonyl (C=O) groups is 7. The maximum absolute atomic E-state index is 13.7. The predicted octanol–water partition coefficient (Wildman–Crippen LogP) is 0.0444. The molecule has 1 aromatic carbocycles. The van der Waals surface area contributed by atoms with Crippen molar-refractivity contribution in [3.63, 3.8) is 0 Å². The van der Waals surface area contributed by atoms with E-state index in [-0.39, 0.29) is 17.9 Å². The lowest BCUT2D eigenvalue weighted by molar-refractivity contribution is -0.181. The minimum Gasteiger partial charge on any atom is -0.466 e. The zero-order valence-corrected chi connectivity index (χ0v) is 30.4. The Morgan fingerprint density at radius 3 is 2.16 bits per heavy atom. The van der Waals surface area contributed by atoms with Crippen LogP contribution in [0.4, 0.5) is 0 Å². The monoisotopic (exact) mass is 750 g/mol. The molecule has 1 aromatic rings. The number of hydrogen-bond donors (Lipinski definition) is 2. The summed E-state index contributed by atoms with van der Waals surface area (Å²) in [6.07, 6.45) is 0.920. The Labute approximate surface area is 297 Å². The number of nitrogens with zero attached hydrogens (tertiary/aromatic N) is 2. The minimum atomic E-state index is -3.85. The van der Waals surface area contributed by atoms with E-state index in [1.54, 1.807) is 20.8 Å². The maximum Gasteiger partial charge on any atom is 0.333 e. The Morgan fingerprint density at radius 1 is 0.980 bits per heavy atom. The van der Waals surface area contributed by atoms with Crippen molar-refractivity contribution in [1.82, 2.24) is 20.4 Å². The molecule has 4 saturated heterocycles. The lowest BCUT2D eigenvalue weighted by Gasteiger charge is -2.44. The summed E-state index contributed by atoms with van der Waals surface area (Å²) in [5.74, 6) is -4.62. The molecule has 0 saturated carbocycles. The molecule has 0 bridgehead atoms. The van der Waals surface area contributed by atoms with Crippen LogP contribution in [0.15, 0.2) is 36.0 Å². The number of esters is 4. The Bertz CT molecular complexity index is 1830. The molecule has 0 aliphatic carbocycles. The van der Waals surface area contributed by atoms with Crippen molar-refractivity contribution in [2.24, 2.45) is 0 Å². The number of ether oxygens (including phenoxy) is 4. The number of benzene rings is 1. The number of sulfone groups is 1. The normalized spacial score (nSPS) is 27.1. The number of nitrogens with one attached hydrogen (secondary N) is 2. The summed E-state index contributed by atoms with van der Waals surface area (Å²) in [6, 6.07) is 1.33. The molecule has 3 amide bonds. The Morgan fingerprint density at radius 2 is 1.59 bits per heavy atom. The average molecular weight is 751 g/mol. The Hall–Kier alpha value is -4.65. The van der Waals surface area contributed by atoms with E-state index < -0.39 is 103 Å². The molecule has 4 aliphatic rings. The van der Waals surface area contributed by atoms with Gasteiger partial charge < -0.3 is 39.4 Å². The van der Waals surface area contributed by atoms with Crippen LogP contribution in [-0.2, 0) is 57.6 Å². The van der Waals surface area contributed by atoms with Gasteiger partial charge in [0, 0.05) is 23.4 Å². The lowest BCUT2D eigenvalue weighted by atomic mass is 9.95. The molecule has 0 radical (unpaired) electrons. The molecule has 6 atom stereocenters. The second-order valence-electron chi connectivity index (χ2n) is 13.4. The fraction of sp³-hybridized carbons (Fsp3) is 0.531.